The molecule has 0 radical (unpaired) electrons. The van der Waals surface area contributed by atoms with Gasteiger partial charge in [0.25, 0.3) is 0 Å². The second-order valence-electron chi connectivity index (χ2n) is 3.84. The van der Waals surface area contributed by atoms with E-state index in [1.807, 2.05) is 19.9 Å². The molecule has 76 valence electrons. The summed E-state index contributed by atoms with van der Waals surface area (Å²) in [6.45, 7) is 3.95. The highest BCUT2D eigenvalue weighted by molar-refractivity contribution is 5.68. The van der Waals surface area contributed by atoms with Crippen LogP contribution in [0.25, 0.3) is 0 Å². The fraction of sp³-hybridized carbons (Fsp3) is 0.417. The van der Waals surface area contributed by atoms with Gasteiger partial charge in [-0.25, -0.2) is 0 Å². The predicted octanol–water partition coefficient (Wildman–Crippen LogP) is 2.65. The Morgan fingerprint density at radius 2 is 2.21 bits per heavy atom. The number of hydrogen-bond donors (Lipinski definition) is 1. The standard InChI is InChI=1S/C12H16O2/c1-3-7-12(2,9-13)10-5-4-6-11(14)8-10/h4-6,8-9,14H,3,7H2,1-2H3/t12-/m0/s1. The van der Waals surface area contributed by atoms with Gasteiger partial charge in [0.1, 0.15) is 12.0 Å². The van der Waals surface area contributed by atoms with Crippen molar-refractivity contribution in [2.45, 2.75) is 32.1 Å². The minimum Gasteiger partial charge on any atom is -0.508 e. The van der Waals surface area contributed by atoms with Crippen molar-refractivity contribution in [2.24, 2.45) is 0 Å². The van der Waals surface area contributed by atoms with Gasteiger partial charge in [0.15, 0.2) is 0 Å². The molecule has 1 atom stereocenters. The summed E-state index contributed by atoms with van der Waals surface area (Å²) in [6.07, 6.45) is 2.72. The number of phenolic OH excluding ortho intramolecular Hbond substituents is 1. The Kier molecular flexibility index (Phi) is 3.28. The van der Waals surface area contributed by atoms with Crippen LogP contribution in [-0.4, -0.2) is 11.4 Å². The Hall–Kier alpha value is -1.31. The van der Waals surface area contributed by atoms with Gasteiger partial charge in [-0.2, -0.15) is 0 Å². The molecule has 1 aromatic carbocycles. The lowest BCUT2D eigenvalue weighted by Gasteiger charge is -2.22. The van der Waals surface area contributed by atoms with Gasteiger partial charge < -0.3 is 9.90 Å². The molecule has 1 rings (SSSR count). The lowest BCUT2D eigenvalue weighted by atomic mass is 9.80. The van der Waals surface area contributed by atoms with Gasteiger partial charge in [0, 0.05) is 5.41 Å². The molecule has 0 aliphatic rings. The maximum atomic E-state index is 11.0. The highest BCUT2D eigenvalue weighted by Crippen LogP contribution is 2.28. The van der Waals surface area contributed by atoms with Gasteiger partial charge in [-0.3, -0.25) is 0 Å². The minimum absolute atomic E-state index is 0.215. The molecule has 0 aliphatic heterocycles. The fourth-order valence-electron chi connectivity index (χ4n) is 1.65. The highest BCUT2D eigenvalue weighted by Gasteiger charge is 2.24. The van der Waals surface area contributed by atoms with Crippen LogP contribution in [0.4, 0.5) is 0 Å². The zero-order valence-electron chi connectivity index (χ0n) is 8.66. The molecule has 14 heavy (non-hydrogen) atoms. The van der Waals surface area contributed by atoms with Crippen LogP contribution in [-0.2, 0) is 10.2 Å². The Morgan fingerprint density at radius 1 is 1.50 bits per heavy atom. The van der Waals surface area contributed by atoms with E-state index < -0.39 is 5.41 Å². The van der Waals surface area contributed by atoms with Crippen LogP contribution in [0.3, 0.4) is 0 Å². The van der Waals surface area contributed by atoms with Gasteiger partial charge in [-0.05, 0) is 31.0 Å². The van der Waals surface area contributed by atoms with Crippen LogP contribution in [0, 0.1) is 0 Å². The molecule has 0 unspecified atom stereocenters. The van der Waals surface area contributed by atoms with Gasteiger partial charge in [-0.15, -0.1) is 0 Å². The van der Waals surface area contributed by atoms with E-state index in [0.717, 1.165) is 24.7 Å². The van der Waals surface area contributed by atoms with Gasteiger partial charge in [-0.1, -0.05) is 25.5 Å². The lowest BCUT2D eigenvalue weighted by Crippen LogP contribution is -2.23. The number of carbonyl (C=O) groups excluding carboxylic acids is 1. The molecule has 0 amide bonds. The van der Waals surface area contributed by atoms with Crippen LogP contribution in [0.15, 0.2) is 24.3 Å². The first-order chi connectivity index (χ1) is 6.62. The zero-order valence-corrected chi connectivity index (χ0v) is 8.66. The molecule has 2 nitrogen and oxygen atoms in total. The number of hydrogen-bond acceptors (Lipinski definition) is 2. The third kappa shape index (κ3) is 2.13. The molecule has 0 fully saturated rings. The SMILES string of the molecule is CCC[C@@](C)(C=O)c1cccc(O)c1. The second-order valence-corrected chi connectivity index (χ2v) is 3.84. The average molecular weight is 192 g/mol. The van der Waals surface area contributed by atoms with E-state index in [1.165, 1.54) is 0 Å². The molecule has 0 aromatic heterocycles. The lowest BCUT2D eigenvalue weighted by molar-refractivity contribution is -0.112. The quantitative estimate of drug-likeness (QED) is 0.744. The van der Waals surface area contributed by atoms with E-state index >= 15 is 0 Å². The minimum atomic E-state index is -0.465. The average Bonchev–Trinajstić information content (AvgIpc) is 2.18. The first-order valence-electron chi connectivity index (χ1n) is 4.88. The van der Waals surface area contributed by atoms with E-state index in [0.29, 0.717) is 0 Å². The first kappa shape index (κ1) is 10.8. The number of aromatic hydroxyl groups is 1. The molecule has 0 aliphatic carbocycles. The monoisotopic (exact) mass is 192 g/mol. The summed E-state index contributed by atoms with van der Waals surface area (Å²) in [5, 5.41) is 9.32. The highest BCUT2D eigenvalue weighted by atomic mass is 16.3. The maximum absolute atomic E-state index is 11.0. The molecular formula is C12H16O2. The van der Waals surface area contributed by atoms with E-state index in [1.54, 1.807) is 18.2 Å². The van der Waals surface area contributed by atoms with Crippen molar-refractivity contribution >= 4 is 6.29 Å². The topological polar surface area (TPSA) is 37.3 Å². The van der Waals surface area contributed by atoms with E-state index in [2.05, 4.69) is 0 Å². The predicted molar refractivity (Wildman–Crippen MR) is 56.4 cm³/mol. The van der Waals surface area contributed by atoms with E-state index in [9.17, 15) is 9.90 Å². The summed E-state index contributed by atoms with van der Waals surface area (Å²) >= 11 is 0. The smallest absolute Gasteiger partial charge is 0.130 e. The first-order valence-corrected chi connectivity index (χ1v) is 4.88. The Morgan fingerprint density at radius 3 is 2.71 bits per heavy atom. The molecule has 1 N–H and O–H groups in total. The zero-order chi connectivity index (χ0) is 10.6. The van der Waals surface area contributed by atoms with Gasteiger partial charge in [0.05, 0.1) is 0 Å². The second kappa shape index (κ2) is 4.27. The van der Waals surface area contributed by atoms with Crippen LogP contribution in [0.5, 0.6) is 5.75 Å². The number of benzene rings is 1. The largest absolute Gasteiger partial charge is 0.508 e. The van der Waals surface area contributed by atoms with Crippen molar-refractivity contribution in [3.8, 4) is 5.75 Å². The summed E-state index contributed by atoms with van der Waals surface area (Å²) in [5.41, 5.74) is 0.419. The molecule has 0 bridgehead atoms. The van der Waals surface area contributed by atoms with Crippen LogP contribution >= 0.6 is 0 Å². The number of carbonyl (C=O) groups is 1. The summed E-state index contributed by atoms with van der Waals surface area (Å²) in [6, 6.07) is 6.91. The third-order valence-corrected chi connectivity index (χ3v) is 2.54. The normalized spacial score (nSPS) is 14.7. The van der Waals surface area contributed by atoms with Crippen LogP contribution in [0.2, 0.25) is 0 Å². The van der Waals surface area contributed by atoms with Crippen LogP contribution in [0.1, 0.15) is 32.3 Å². The van der Waals surface area contributed by atoms with Crippen molar-refractivity contribution in [2.75, 3.05) is 0 Å². The number of phenols is 1. The van der Waals surface area contributed by atoms with Gasteiger partial charge in [0.2, 0.25) is 0 Å². The molecule has 0 heterocycles. The summed E-state index contributed by atoms with van der Waals surface area (Å²) in [4.78, 5) is 11.0. The Labute approximate surface area is 84.6 Å². The summed E-state index contributed by atoms with van der Waals surface area (Å²) in [5.74, 6) is 0.215. The molecule has 0 saturated carbocycles. The molecule has 1 aromatic rings. The van der Waals surface area contributed by atoms with Crippen molar-refractivity contribution in [1.29, 1.82) is 0 Å². The van der Waals surface area contributed by atoms with Gasteiger partial charge >= 0.3 is 0 Å². The van der Waals surface area contributed by atoms with Crippen molar-refractivity contribution in [3.63, 3.8) is 0 Å². The molecular weight excluding hydrogens is 176 g/mol. The van der Waals surface area contributed by atoms with Crippen LogP contribution < -0.4 is 0 Å². The van der Waals surface area contributed by atoms with Crippen molar-refractivity contribution < 1.29 is 9.90 Å². The summed E-state index contributed by atoms with van der Waals surface area (Å²) < 4.78 is 0. The molecule has 2 heteroatoms. The summed E-state index contributed by atoms with van der Waals surface area (Å²) in [7, 11) is 0. The number of aldehydes is 1. The Balaban J connectivity index is 3.05. The van der Waals surface area contributed by atoms with Crippen molar-refractivity contribution in [3.05, 3.63) is 29.8 Å². The van der Waals surface area contributed by atoms with Crippen molar-refractivity contribution in [1.82, 2.24) is 0 Å². The third-order valence-electron chi connectivity index (χ3n) is 2.54. The molecule has 0 saturated heterocycles. The van der Waals surface area contributed by atoms with E-state index in [-0.39, 0.29) is 5.75 Å². The maximum Gasteiger partial charge on any atom is 0.130 e. The van der Waals surface area contributed by atoms with E-state index in [4.69, 9.17) is 0 Å². The number of rotatable bonds is 4. The fourth-order valence-corrected chi connectivity index (χ4v) is 1.65. The molecule has 0 spiro atoms. The Bertz CT molecular complexity index is 320.